The number of ether oxygens (including phenoxy) is 1. The van der Waals surface area contributed by atoms with Gasteiger partial charge >= 0.3 is 5.97 Å². The number of methoxy groups -OCH3 is 1. The van der Waals surface area contributed by atoms with Crippen molar-refractivity contribution in [3.63, 3.8) is 0 Å². The SMILES string of the molecule is [CH2]C(SC)(C(=O)OC)c1ccccc1Cl. The van der Waals surface area contributed by atoms with E-state index in [0.29, 0.717) is 10.6 Å². The molecule has 0 heterocycles. The number of thioether (sulfide) groups is 1. The summed E-state index contributed by atoms with van der Waals surface area (Å²) >= 11 is 7.33. The molecule has 1 aromatic rings. The Balaban J connectivity index is 3.23. The van der Waals surface area contributed by atoms with Gasteiger partial charge in [-0.25, -0.2) is 0 Å². The molecule has 0 saturated heterocycles. The van der Waals surface area contributed by atoms with Gasteiger partial charge in [0.1, 0.15) is 4.75 Å². The second kappa shape index (κ2) is 4.90. The molecule has 0 aliphatic rings. The molecule has 0 amide bonds. The molecule has 2 nitrogen and oxygen atoms in total. The Morgan fingerprint density at radius 2 is 2.13 bits per heavy atom. The highest BCUT2D eigenvalue weighted by Crippen LogP contribution is 2.38. The highest BCUT2D eigenvalue weighted by molar-refractivity contribution is 8.00. The van der Waals surface area contributed by atoms with E-state index in [1.54, 1.807) is 18.4 Å². The van der Waals surface area contributed by atoms with Crippen LogP contribution in [0.1, 0.15) is 5.56 Å². The minimum absolute atomic E-state index is 0.400. The van der Waals surface area contributed by atoms with Crippen LogP contribution in [0.15, 0.2) is 24.3 Å². The lowest BCUT2D eigenvalue weighted by molar-refractivity contribution is -0.142. The van der Waals surface area contributed by atoms with E-state index in [-0.39, 0.29) is 0 Å². The van der Waals surface area contributed by atoms with Gasteiger partial charge in [0.05, 0.1) is 7.11 Å². The molecule has 81 valence electrons. The first-order chi connectivity index (χ1) is 7.06. The number of halogens is 1. The van der Waals surface area contributed by atoms with E-state index in [1.165, 1.54) is 18.9 Å². The van der Waals surface area contributed by atoms with Crippen molar-refractivity contribution < 1.29 is 9.53 Å². The van der Waals surface area contributed by atoms with Crippen LogP contribution in [-0.2, 0) is 14.3 Å². The molecule has 0 bridgehead atoms. The van der Waals surface area contributed by atoms with E-state index in [0.717, 1.165) is 0 Å². The predicted octanol–water partition coefficient (Wildman–Crippen LogP) is 2.91. The van der Waals surface area contributed by atoms with Crippen LogP contribution in [-0.4, -0.2) is 19.3 Å². The van der Waals surface area contributed by atoms with Crippen molar-refractivity contribution in [1.82, 2.24) is 0 Å². The van der Waals surface area contributed by atoms with Crippen molar-refractivity contribution in [3.05, 3.63) is 41.8 Å². The molecule has 0 fully saturated rings. The monoisotopic (exact) mass is 243 g/mol. The molecule has 0 aliphatic heterocycles. The number of benzene rings is 1. The molecule has 0 saturated carbocycles. The number of rotatable bonds is 3. The van der Waals surface area contributed by atoms with Crippen molar-refractivity contribution in [2.75, 3.05) is 13.4 Å². The molecular formula is C11H12ClO2S. The Hall–Kier alpha value is -0.670. The van der Waals surface area contributed by atoms with Crippen LogP contribution in [0.3, 0.4) is 0 Å². The summed E-state index contributed by atoms with van der Waals surface area (Å²) in [5.41, 5.74) is 0.672. The fourth-order valence-corrected chi connectivity index (χ4v) is 2.26. The smallest absolute Gasteiger partial charge is 0.326 e. The average Bonchev–Trinajstić information content (AvgIpc) is 2.27. The number of hydrogen-bond donors (Lipinski definition) is 0. The number of hydrogen-bond acceptors (Lipinski definition) is 3. The van der Waals surface area contributed by atoms with Gasteiger partial charge in [0.2, 0.25) is 0 Å². The average molecular weight is 244 g/mol. The molecule has 0 aliphatic carbocycles. The van der Waals surface area contributed by atoms with Crippen LogP contribution in [0.4, 0.5) is 0 Å². The van der Waals surface area contributed by atoms with Crippen LogP contribution < -0.4 is 0 Å². The lowest BCUT2D eigenvalue weighted by atomic mass is 10.0. The predicted molar refractivity (Wildman–Crippen MR) is 64.0 cm³/mol. The summed E-state index contributed by atoms with van der Waals surface area (Å²) in [4.78, 5) is 11.7. The van der Waals surface area contributed by atoms with Crippen molar-refractivity contribution in [3.8, 4) is 0 Å². The fourth-order valence-electron chi connectivity index (χ4n) is 1.26. The molecule has 1 rings (SSSR count). The van der Waals surface area contributed by atoms with Gasteiger partial charge in [-0.3, -0.25) is 4.79 Å². The zero-order valence-electron chi connectivity index (χ0n) is 8.62. The summed E-state index contributed by atoms with van der Waals surface area (Å²) in [7, 11) is 1.34. The van der Waals surface area contributed by atoms with Crippen molar-refractivity contribution >= 4 is 29.3 Å². The fraction of sp³-hybridized carbons (Fsp3) is 0.273. The van der Waals surface area contributed by atoms with Crippen LogP contribution >= 0.6 is 23.4 Å². The minimum Gasteiger partial charge on any atom is -0.468 e. The molecule has 1 radical (unpaired) electrons. The zero-order chi connectivity index (χ0) is 11.5. The lowest BCUT2D eigenvalue weighted by Gasteiger charge is -2.25. The van der Waals surface area contributed by atoms with Gasteiger partial charge in [-0.1, -0.05) is 29.8 Å². The van der Waals surface area contributed by atoms with Gasteiger partial charge in [0, 0.05) is 5.02 Å². The molecule has 0 spiro atoms. The first-order valence-corrected chi connectivity index (χ1v) is 5.90. The van der Waals surface area contributed by atoms with Crippen LogP contribution in [0.5, 0.6) is 0 Å². The molecular weight excluding hydrogens is 232 g/mol. The third-order valence-corrected chi connectivity index (χ3v) is 3.59. The third kappa shape index (κ3) is 2.29. The van der Waals surface area contributed by atoms with Crippen LogP contribution in [0, 0.1) is 6.92 Å². The quantitative estimate of drug-likeness (QED) is 0.764. The first-order valence-electron chi connectivity index (χ1n) is 4.30. The second-order valence-corrected chi connectivity index (χ2v) is 4.51. The summed E-state index contributed by atoms with van der Waals surface area (Å²) in [5, 5.41) is 0.521. The topological polar surface area (TPSA) is 26.3 Å². The maximum atomic E-state index is 11.7. The Bertz CT molecular complexity index is 367. The number of carbonyl (C=O) groups excluding carboxylic acids is 1. The maximum absolute atomic E-state index is 11.7. The van der Waals surface area contributed by atoms with Gasteiger partial charge < -0.3 is 4.74 Å². The molecule has 1 unspecified atom stereocenters. The van der Waals surface area contributed by atoms with Crippen molar-refractivity contribution in [1.29, 1.82) is 0 Å². The van der Waals surface area contributed by atoms with Crippen LogP contribution in [0.25, 0.3) is 0 Å². The molecule has 1 atom stereocenters. The zero-order valence-corrected chi connectivity index (χ0v) is 10.2. The number of esters is 1. The third-order valence-electron chi connectivity index (χ3n) is 2.17. The largest absolute Gasteiger partial charge is 0.468 e. The van der Waals surface area contributed by atoms with E-state index in [9.17, 15) is 4.79 Å². The Kier molecular flexibility index (Phi) is 4.05. The van der Waals surface area contributed by atoms with Gasteiger partial charge in [-0.2, -0.15) is 0 Å². The highest BCUT2D eigenvalue weighted by Gasteiger charge is 2.37. The summed E-state index contributed by atoms with van der Waals surface area (Å²) in [5.74, 6) is -0.400. The summed E-state index contributed by atoms with van der Waals surface area (Å²) in [6.45, 7) is 3.89. The summed E-state index contributed by atoms with van der Waals surface area (Å²) in [6.07, 6.45) is 1.80. The second-order valence-electron chi connectivity index (χ2n) is 3.00. The lowest BCUT2D eigenvalue weighted by Crippen LogP contribution is -2.30. The van der Waals surface area contributed by atoms with Gasteiger partial charge in [0.15, 0.2) is 0 Å². The molecule has 0 aromatic heterocycles. The molecule has 0 N–H and O–H groups in total. The Morgan fingerprint density at radius 1 is 1.53 bits per heavy atom. The number of carbonyl (C=O) groups is 1. The normalized spacial score (nSPS) is 14.4. The summed E-state index contributed by atoms with van der Waals surface area (Å²) in [6, 6.07) is 7.14. The Labute approximate surface area is 99.0 Å². The van der Waals surface area contributed by atoms with E-state index in [2.05, 4.69) is 6.92 Å². The van der Waals surface area contributed by atoms with E-state index < -0.39 is 10.7 Å². The van der Waals surface area contributed by atoms with Gasteiger partial charge in [0.25, 0.3) is 0 Å². The van der Waals surface area contributed by atoms with E-state index in [1.807, 2.05) is 12.1 Å². The first kappa shape index (κ1) is 12.4. The van der Waals surface area contributed by atoms with Crippen molar-refractivity contribution in [2.45, 2.75) is 4.75 Å². The minimum atomic E-state index is -0.993. The van der Waals surface area contributed by atoms with E-state index >= 15 is 0 Å². The highest BCUT2D eigenvalue weighted by atomic mass is 35.5. The Morgan fingerprint density at radius 3 is 2.60 bits per heavy atom. The van der Waals surface area contributed by atoms with Crippen molar-refractivity contribution in [2.24, 2.45) is 0 Å². The molecule has 15 heavy (non-hydrogen) atoms. The molecule has 1 aromatic carbocycles. The van der Waals surface area contributed by atoms with Gasteiger partial charge in [-0.15, -0.1) is 11.8 Å². The molecule has 4 heteroatoms. The van der Waals surface area contributed by atoms with Crippen LogP contribution in [0.2, 0.25) is 5.02 Å². The standard InChI is InChI=1S/C11H12ClO2S/c1-11(15-3,10(13)14-2)8-6-4-5-7-9(8)12/h4-7H,1H2,2-3H3. The van der Waals surface area contributed by atoms with Gasteiger partial charge in [-0.05, 0) is 24.8 Å². The summed E-state index contributed by atoms with van der Waals surface area (Å²) < 4.78 is 3.74. The maximum Gasteiger partial charge on any atom is 0.326 e. The van der Waals surface area contributed by atoms with E-state index in [4.69, 9.17) is 16.3 Å².